The van der Waals surface area contributed by atoms with Crippen LogP contribution in [0.3, 0.4) is 0 Å². The van der Waals surface area contributed by atoms with Crippen molar-refractivity contribution < 1.29 is 14.4 Å². The molecule has 4 rings (SSSR count). The summed E-state index contributed by atoms with van der Waals surface area (Å²) in [4.78, 5) is 43.9. The molecule has 4 amide bonds. The summed E-state index contributed by atoms with van der Waals surface area (Å²) in [5.41, 5.74) is 2.65. The first-order chi connectivity index (χ1) is 15.8. The molecule has 3 heterocycles. The number of nitrogens with one attached hydrogen (secondary N) is 2. The van der Waals surface area contributed by atoms with Crippen LogP contribution in [-0.2, 0) is 16.1 Å². The van der Waals surface area contributed by atoms with E-state index in [9.17, 15) is 14.4 Å². The largest absolute Gasteiger partial charge is 0.344 e. The first-order valence-corrected chi connectivity index (χ1v) is 12.2. The summed E-state index contributed by atoms with van der Waals surface area (Å²) in [5.74, 6) is -0.791. The third kappa shape index (κ3) is 5.38. The Kier molecular flexibility index (Phi) is 7.04. The Morgan fingerprint density at radius 2 is 1.76 bits per heavy atom. The van der Waals surface area contributed by atoms with Gasteiger partial charge in [0.05, 0.1) is 6.54 Å². The number of nitrogens with zero attached hydrogens (tertiary/aromatic N) is 3. The molecule has 0 radical (unpaired) electrons. The highest BCUT2D eigenvalue weighted by Crippen LogP contribution is 2.30. The van der Waals surface area contributed by atoms with Gasteiger partial charge in [0.15, 0.2) is 0 Å². The van der Waals surface area contributed by atoms with Crippen molar-refractivity contribution in [1.82, 2.24) is 25.6 Å². The van der Waals surface area contributed by atoms with Gasteiger partial charge >= 0.3 is 6.03 Å². The van der Waals surface area contributed by atoms with Crippen LogP contribution < -0.4 is 10.7 Å². The molecule has 0 saturated carbocycles. The lowest BCUT2D eigenvalue weighted by atomic mass is 10.00. The molecule has 176 valence electrons. The molecule has 0 aliphatic carbocycles. The molecule has 1 aromatic heterocycles. The van der Waals surface area contributed by atoms with Crippen LogP contribution in [-0.4, -0.2) is 70.9 Å². The van der Waals surface area contributed by atoms with Crippen LogP contribution in [0.4, 0.5) is 4.79 Å². The van der Waals surface area contributed by atoms with Crippen molar-refractivity contribution >= 4 is 40.8 Å². The van der Waals surface area contributed by atoms with Crippen LogP contribution in [0.5, 0.6) is 0 Å². The Morgan fingerprint density at radius 3 is 2.39 bits per heavy atom. The summed E-state index contributed by atoms with van der Waals surface area (Å²) in [6.07, 6.45) is 0.456. The summed E-state index contributed by atoms with van der Waals surface area (Å²) in [6, 6.07) is 11.6. The minimum absolute atomic E-state index is 0.146. The van der Waals surface area contributed by atoms with Gasteiger partial charge in [0.2, 0.25) is 0 Å². The average Bonchev–Trinajstić information content (AvgIpc) is 3.34. The molecule has 0 spiro atoms. The highest BCUT2D eigenvalue weighted by Gasteiger charge is 2.47. The van der Waals surface area contributed by atoms with Crippen LogP contribution in [0.15, 0.2) is 36.4 Å². The predicted octanol–water partition coefficient (Wildman–Crippen LogP) is 2.94. The number of thiophene rings is 1. The van der Waals surface area contributed by atoms with Gasteiger partial charge in [-0.2, -0.15) is 5.01 Å². The first kappa shape index (κ1) is 23.7. The average molecular weight is 490 g/mol. The molecule has 2 aromatic rings. The van der Waals surface area contributed by atoms with Gasteiger partial charge in [-0.05, 0) is 43.2 Å². The first-order valence-electron chi connectivity index (χ1n) is 11.0. The number of benzene rings is 1. The predicted molar refractivity (Wildman–Crippen MR) is 129 cm³/mol. The van der Waals surface area contributed by atoms with Crippen molar-refractivity contribution in [3.8, 4) is 10.4 Å². The number of hydrogen-bond donors (Lipinski definition) is 2. The van der Waals surface area contributed by atoms with E-state index in [-0.39, 0.29) is 12.5 Å². The molecule has 33 heavy (non-hydrogen) atoms. The maximum Gasteiger partial charge on any atom is 0.344 e. The molecule has 2 N–H and O–H groups in total. The lowest BCUT2D eigenvalue weighted by Gasteiger charge is -2.34. The molecular weight excluding hydrogens is 462 g/mol. The van der Waals surface area contributed by atoms with Gasteiger partial charge in [-0.3, -0.25) is 24.8 Å². The Balaban J connectivity index is 1.23. The number of piperazine rings is 1. The van der Waals surface area contributed by atoms with Crippen LogP contribution in [0.1, 0.15) is 25.1 Å². The fraction of sp³-hybridized carbons (Fsp3) is 0.435. The molecule has 2 saturated heterocycles. The fourth-order valence-corrected chi connectivity index (χ4v) is 5.13. The minimum atomic E-state index is -0.967. The summed E-state index contributed by atoms with van der Waals surface area (Å²) < 4.78 is 0. The van der Waals surface area contributed by atoms with E-state index in [2.05, 4.69) is 27.8 Å². The summed E-state index contributed by atoms with van der Waals surface area (Å²) in [5, 5.41) is 4.17. The number of rotatable bonds is 7. The molecule has 2 aliphatic heterocycles. The zero-order chi connectivity index (χ0) is 23.6. The highest BCUT2D eigenvalue weighted by atomic mass is 35.5. The highest BCUT2D eigenvalue weighted by molar-refractivity contribution is 7.15. The van der Waals surface area contributed by atoms with Gasteiger partial charge < -0.3 is 5.32 Å². The van der Waals surface area contributed by atoms with E-state index in [0.29, 0.717) is 6.42 Å². The molecule has 10 heteroatoms. The maximum absolute atomic E-state index is 12.4. The molecule has 0 bridgehead atoms. The number of hydrogen-bond acceptors (Lipinski definition) is 6. The van der Waals surface area contributed by atoms with Gasteiger partial charge in [0.25, 0.3) is 11.8 Å². The molecule has 1 atom stereocenters. The Hall–Kier alpha value is -2.46. The Morgan fingerprint density at radius 1 is 1.09 bits per heavy atom. The summed E-state index contributed by atoms with van der Waals surface area (Å²) in [6.45, 7) is 7.67. The fourth-order valence-electron chi connectivity index (χ4n) is 3.95. The van der Waals surface area contributed by atoms with E-state index in [4.69, 9.17) is 11.6 Å². The van der Waals surface area contributed by atoms with Crippen molar-refractivity contribution in [3.05, 3.63) is 46.3 Å². The van der Waals surface area contributed by atoms with Crippen molar-refractivity contribution in [2.45, 2.75) is 32.4 Å². The van der Waals surface area contributed by atoms with E-state index in [1.807, 2.05) is 36.1 Å². The van der Waals surface area contributed by atoms with E-state index in [1.165, 1.54) is 9.75 Å². The van der Waals surface area contributed by atoms with Gasteiger partial charge in [-0.1, -0.05) is 30.7 Å². The number of hydrazine groups is 1. The zero-order valence-corrected chi connectivity index (χ0v) is 20.3. The van der Waals surface area contributed by atoms with Crippen molar-refractivity contribution in [3.63, 3.8) is 0 Å². The normalized spacial score (nSPS) is 22.0. The van der Waals surface area contributed by atoms with Crippen LogP contribution in [0.25, 0.3) is 10.4 Å². The van der Waals surface area contributed by atoms with E-state index < -0.39 is 17.5 Å². The summed E-state index contributed by atoms with van der Waals surface area (Å²) in [7, 11) is 0. The minimum Gasteiger partial charge on any atom is -0.322 e. The number of carbonyl (C=O) groups is 3. The third-order valence-corrected chi connectivity index (χ3v) is 7.58. The smallest absolute Gasteiger partial charge is 0.322 e. The standard InChI is InChI=1S/C23H28ClN5O3S/c1-3-23(2)21(31)29(22(32)25-23)26-20(30)15-28-12-10-27(11-13-28)14-18-8-9-19(33-18)16-4-6-17(24)7-5-16/h4-9H,3,10-15H2,1-2H3,(H,25,32)(H,26,30). The van der Waals surface area contributed by atoms with E-state index in [0.717, 1.165) is 48.3 Å². The molecule has 8 nitrogen and oxygen atoms in total. The number of imide groups is 1. The second kappa shape index (κ2) is 9.80. The topological polar surface area (TPSA) is 85.0 Å². The molecule has 2 fully saturated rings. The van der Waals surface area contributed by atoms with Crippen molar-refractivity contribution in [2.75, 3.05) is 32.7 Å². The number of halogens is 1. The van der Waals surface area contributed by atoms with Crippen LogP contribution >= 0.6 is 22.9 Å². The molecule has 1 aromatic carbocycles. The second-order valence-electron chi connectivity index (χ2n) is 8.62. The SMILES string of the molecule is CCC1(C)NC(=O)N(NC(=O)CN2CCN(Cc3ccc(-c4ccc(Cl)cc4)s3)CC2)C1=O. The van der Waals surface area contributed by atoms with Crippen molar-refractivity contribution in [1.29, 1.82) is 0 Å². The Labute approximate surface area is 202 Å². The maximum atomic E-state index is 12.4. The van der Waals surface area contributed by atoms with Gasteiger partial charge in [-0.25, -0.2) is 4.79 Å². The van der Waals surface area contributed by atoms with Crippen molar-refractivity contribution in [2.24, 2.45) is 0 Å². The second-order valence-corrected chi connectivity index (χ2v) is 10.2. The zero-order valence-electron chi connectivity index (χ0n) is 18.8. The van der Waals surface area contributed by atoms with Crippen LogP contribution in [0, 0.1) is 0 Å². The molecule has 1 unspecified atom stereocenters. The monoisotopic (exact) mass is 489 g/mol. The quantitative estimate of drug-likeness (QED) is 0.584. The number of carbonyl (C=O) groups excluding carboxylic acids is 3. The Bertz CT molecular complexity index is 1030. The van der Waals surface area contributed by atoms with Gasteiger partial charge in [0.1, 0.15) is 5.54 Å². The third-order valence-electron chi connectivity index (χ3n) is 6.21. The lowest BCUT2D eigenvalue weighted by molar-refractivity contribution is -0.139. The van der Waals surface area contributed by atoms with E-state index in [1.54, 1.807) is 18.3 Å². The van der Waals surface area contributed by atoms with Gasteiger partial charge in [-0.15, -0.1) is 11.3 Å². The van der Waals surface area contributed by atoms with Gasteiger partial charge in [0, 0.05) is 47.5 Å². The lowest BCUT2D eigenvalue weighted by Crippen LogP contribution is -2.53. The summed E-state index contributed by atoms with van der Waals surface area (Å²) >= 11 is 7.76. The molecular formula is C23H28ClN5O3S. The number of amides is 4. The van der Waals surface area contributed by atoms with Crippen LogP contribution in [0.2, 0.25) is 5.02 Å². The van der Waals surface area contributed by atoms with E-state index >= 15 is 0 Å². The molecule has 2 aliphatic rings. The number of urea groups is 1.